The van der Waals surface area contributed by atoms with Gasteiger partial charge in [0.25, 0.3) is 0 Å². The maximum Gasteiger partial charge on any atom is 0.225 e. The first-order chi connectivity index (χ1) is 9.91. The van der Waals surface area contributed by atoms with E-state index in [1.165, 1.54) is 4.90 Å². The van der Waals surface area contributed by atoms with Gasteiger partial charge in [-0.1, -0.05) is 39.0 Å². The zero-order valence-electron chi connectivity index (χ0n) is 13.1. The smallest absolute Gasteiger partial charge is 0.225 e. The maximum atomic E-state index is 12.2. The van der Waals surface area contributed by atoms with Crippen molar-refractivity contribution in [1.82, 2.24) is 5.32 Å². The van der Waals surface area contributed by atoms with E-state index in [1.54, 1.807) is 0 Å². The van der Waals surface area contributed by atoms with Crippen LogP contribution in [0.15, 0.2) is 35.2 Å². The first kappa shape index (κ1) is 16.4. The first-order valence-corrected chi connectivity index (χ1v) is 8.33. The maximum absolute atomic E-state index is 12.2. The number of carbonyl (C=O) groups is 1. The quantitative estimate of drug-likeness (QED) is 0.925. The molecule has 1 saturated heterocycles. The van der Waals surface area contributed by atoms with Crippen molar-refractivity contribution >= 4 is 17.7 Å². The van der Waals surface area contributed by atoms with Crippen LogP contribution in [0.5, 0.6) is 0 Å². The van der Waals surface area contributed by atoms with E-state index in [0.29, 0.717) is 6.54 Å². The second-order valence-corrected chi connectivity index (χ2v) is 8.18. The lowest BCUT2D eigenvalue weighted by molar-refractivity contribution is -0.128. The topological polar surface area (TPSA) is 38.3 Å². The molecule has 0 aliphatic carbocycles. The van der Waals surface area contributed by atoms with Crippen LogP contribution in [0.2, 0.25) is 0 Å². The van der Waals surface area contributed by atoms with Gasteiger partial charge in [0.15, 0.2) is 0 Å². The second-order valence-electron chi connectivity index (χ2n) is 6.64. The normalized spacial score (nSPS) is 18.2. The third kappa shape index (κ3) is 4.75. The molecular formula is C17H25NO2S. The van der Waals surface area contributed by atoms with Gasteiger partial charge >= 0.3 is 0 Å². The fourth-order valence-corrected chi connectivity index (χ4v) is 3.61. The molecule has 1 aromatic carbocycles. The van der Waals surface area contributed by atoms with E-state index in [0.717, 1.165) is 26.1 Å². The first-order valence-electron chi connectivity index (χ1n) is 7.51. The van der Waals surface area contributed by atoms with Crippen molar-refractivity contribution in [3.05, 3.63) is 30.3 Å². The van der Waals surface area contributed by atoms with E-state index in [9.17, 15) is 4.79 Å². The molecular weight excluding hydrogens is 282 g/mol. The van der Waals surface area contributed by atoms with Crippen LogP contribution in [0.3, 0.4) is 0 Å². The Morgan fingerprint density at radius 1 is 1.24 bits per heavy atom. The van der Waals surface area contributed by atoms with Crippen LogP contribution in [0, 0.1) is 5.41 Å². The van der Waals surface area contributed by atoms with Gasteiger partial charge in [0.2, 0.25) is 5.91 Å². The van der Waals surface area contributed by atoms with Crippen LogP contribution in [0.25, 0.3) is 0 Å². The summed E-state index contributed by atoms with van der Waals surface area (Å²) in [5.41, 5.74) is -0.343. The summed E-state index contributed by atoms with van der Waals surface area (Å²) in [5, 5.41) is 3.14. The SMILES string of the molecule is CC(C)(C)C(=O)NCC1(Sc2ccccc2)CCOCC1. The van der Waals surface area contributed by atoms with Gasteiger partial charge in [0.1, 0.15) is 0 Å². The number of hydrogen-bond acceptors (Lipinski definition) is 3. The molecule has 1 aliphatic heterocycles. The lowest BCUT2D eigenvalue weighted by Gasteiger charge is -2.37. The standard InChI is InChI=1S/C17H25NO2S/c1-16(2,3)15(19)18-13-17(9-11-20-12-10-17)21-14-7-5-4-6-8-14/h4-8H,9-13H2,1-3H3,(H,18,19). The molecule has 0 unspecified atom stereocenters. The molecule has 1 aromatic rings. The van der Waals surface area contributed by atoms with Crippen LogP contribution < -0.4 is 5.32 Å². The highest BCUT2D eigenvalue weighted by molar-refractivity contribution is 8.00. The van der Waals surface area contributed by atoms with Crippen molar-refractivity contribution in [2.24, 2.45) is 5.41 Å². The molecule has 0 spiro atoms. The molecule has 3 nitrogen and oxygen atoms in total. The van der Waals surface area contributed by atoms with Gasteiger partial charge in [0, 0.05) is 34.8 Å². The summed E-state index contributed by atoms with van der Waals surface area (Å²) in [4.78, 5) is 13.4. The van der Waals surface area contributed by atoms with E-state index < -0.39 is 0 Å². The predicted octanol–water partition coefficient (Wildman–Crippen LogP) is 3.49. The van der Waals surface area contributed by atoms with Gasteiger partial charge in [-0.2, -0.15) is 0 Å². The van der Waals surface area contributed by atoms with Crippen LogP contribution in [0.1, 0.15) is 33.6 Å². The highest BCUT2D eigenvalue weighted by atomic mass is 32.2. The Hall–Kier alpha value is -1.00. The monoisotopic (exact) mass is 307 g/mol. The van der Waals surface area contributed by atoms with Crippen molar-refractivity contribution in [3.8, 4) is 0 Å². The number of amides is 1. The molecule has 21 heavy (non-hydrogen) atoms. The summed E-state index contributed by atoms with van der Waals surface area (Å²) in [7, 11) is 0. The molecule has 0 atom stereocenters. The Bertz CT molecular complexity index is 461. The molecule has 0 radical (unpaired) electrons. The zero-order valence-corrected chi connectivity index (χ0v) is 14.0. The van der Waals surface area contributed by atoms with Crippen LogP contribution in [-0.4, -0.2) is 30.4 Å². The fraction of sp³-hybridized carbons (Fsp3) is 0.588. The summed E-state index contributed by atoms with van der Waals surface area (Å²) < 4.78 is 5.55. The molecule has 1 N–H and O–H groups in total. The number of ether oxygens (including phenoxy) is 1. The number of hydrogen-bond donors (Lipinski definition) is 1. The average Bonchev–Trinajstić information content (AvgIpc) is 2.46. The Labute approximate surface area is 131 Å². The molecule has 116 valence electrons. The Balaban J connectivity index is 2.05. The molecule has 0 aromatic heterocycles. The van der Waals surface area contributed by atoms with E-state index in [-0.39, 0.29) is 16.1 Å². The number of thioether (sulfide) groups is 1. The van der Waals surface area contributed by atoms with Crippen molar-refractivity contribution in [1.29, 1.82) is 0 Å². The minimum Gasteiger partial charge on any atom is -0.381 e. The van der Waals surface area contributed by atoms with E-state index >= 15 is 0 Å². The third-order valence-corrected chi connectivity index (χ3v) is 5.23. The highest BCUT2D eigenvalue weighted by Gasteiger charge is 2.35. The molecule has 4 heteroatoms. The van der Waals surface area contributed by atoms with Crippen molar-refractivity contribution in [2.45, 2.75) is 43.3 Å². The lowest BCUT2D eigenvalue weighted by Crippen LogP contribution is -2.47. The lowest BCUT2D eigenvalue weighted by atomic mass is 9.94. The largest absolute Gasteiger partial charge is 0.381 e. The molecule has 1 heterocycles. The summed E-state index contributed by atoms with van der Waals surface area (Å²) >= 11 is 1.87. The molecule has 1 amide bonds. The molecule has 0 bridgehead atoms. The zero-order chi connectivity index (χ0) is 15.3. The Morgan fingerprint density at radius 3 is 2.43 bits per heavy atom. The van der Waals surface area contributed by atoms with Gasteiger partial charge in [-0.25, -0.2) is 0 Å². The number of rotatable bonds is 4. The van der Waals surface area contributed by atoms with Crippen LogP contribution >= 0.6 is 11.8 Å². The minimum atomic E-state index is -0.343. The minimum absolute atomic E-state index is 0.0422. The number of benzene rings is 1. The summed E-state index contributed by atoms with van der Waals surface area (Å²) in [6.45, 7) is 8.08. The van der Waals surface area contributed by atoms with Gasteiger partial charge in [0.05, 0.1) is 0 Å². The Kier molecular flexibility index (Phi) is 5.33. The average molecular weight is 307 g/mol. The fourth-order valence-electron chi connectivity index (χ4n) is 2.30. The van der Waals surface area contributed by atoms with Crippen molar-refractivity contribution in [3.63, 3.8) is 0 Å². The highest BCUT2D eigenvalue weighted by Crippen LogP contribution is 2.40. The van der Waals surface area contributed by atoms with E-state index in [4.69, 9.17) is 4.74 Å². The van der Waals surface area contributed by atoms with Gasteiger partial charge in [-0.3, -0.25) is 4.79 Å². The van der Waals surface area contributed by atoms with Crippen molar-refractivity contribution in [2.75, 3.05) is 19.8 Å². The van der Waals surface area contributed by atoms with Crippen LogP contribution in [-0.2, 0) is 9.53 Å². The summed E-state index contributed by atoms with van der Waals surface area (Å²) in [6, 6.07) is 10.4. The Morgan fingerprint density at radius 2 is 1.86 bits per heavy atom. The number of carbonyl (C=O) groups excluding carboxylic acids is 1. The molecule has 1 aliphatic rings. The molecule has 0 saturated carbocycles. The molecule has 2 rings (SSSR count). The third-order valence-electron chi connectivity index (χ3n) is 3.73. The van der Waals surface area contributed by atoms with Gasteiger partial charge in [-0.15, -0.1) is 11.8 Å². The van der Waals surface area contributed by atoms with E-state index in [2.05, 4.69) is 29.6 Å². The van der Waals surface area contributed by atoms with Gasteiger partial charge in [-0.05, 0) is 25.0 Å². The van der Waals surface area contributed by atoms with Crippen LogP contribution in [0.4, 0.5) is 0 Å². The van der Waals surface area contributed by atoms with Gasteiger partial charge < -0.3 is 10.1 Å². The van der Waals surface area contributed by atoms with E-state index in [1.807, 2.05) is 38.6 Å². The summed E-state index contributed by atoms with van der Waals surface area (Å²) in [5.74, 6) is 0.113. The second kappa shape index (κ2) is 6.84. The molecule has 1 fully saturated rings. The van der Waals surface area contributed by atoms with Crippen molar-refractivity contribution < 1.29 is 9.53 Å². The summed E-state index contributed by atoms with van der Waals surface area (Å²) in [6.07, 6.45) is 1.94. The number of nitrogens with one attached hydrogen (secondary N) is 1. The predicted molar refractivity (Wildman–Crippen MR) is 87.5 cm³/mol.